The molecule has 2 atom stereocenters. The minimum atomic E-state index is -0.212. The predicted molar refractivity (Wildman–Crippen MR) is 106 cm³/mol. The van der Waals surface area contributed by atoms with Crippen molar-refractivity contribution in [3.05, 3.63) is 35.9 Å². The van der Waals surface area contributed by atoms with Gasteiger partial charge in [0.2, 0.25) is 5.91 Å². The summed E-state index contributed by atoms with van der Waals surface area (Å²) in [6.07, 6.45) is 7.60. The standard InChI is InChI=1S/C24H31NO3/c1-23(7-8-23)20(26)11-21(27)25-22-18-9-17-10-19(22)14-24(12-17,13-18)28-15-16-5-3-2-4-6-16/h2-6,17-19,22H,7-15H2,1H3,(H,25,27). The highest BCUT2D eigenvalue weighted by Crippen LogP contribution is 2.57. The number of Topliss-reactive ketones (excluding diaryl/α,β-unsaturated/α-hetero) is 1. The highest BCUT2D eigenvalue weighted by Gasteiger charge is 2.56. The van der Waals surface area contributed by atoms with E-state index in [0.29, 0.717) is 18.4 Å². The molecule has 1 N–H and O–H groups in total. The van der Waals surface area contributed by atoms with Crippen molar-refractivity contribution in [3.8, 4) is 0 Å². The summed E-state index contributed by atoms with van der Waals surface area (Å²) in [6, 6.07) is 10.6. The summed E-state index contributed by atoms with van der Waals surface area (Å²) in [6.45, 7) is 2.66. The molecule has 0 heterocycles. The van der Waals surface area contributed by atoms with Crippen LogP contribution in [0.1, 0.15) is 63.9 Å². The van der Waals surface area contributed by atoms with E-state index < -0.39 is 0 Å². The van der Waals surface area contributed by atoms with Crippen molar-refractivity contribution in [1.82, 2.24) is 5.32 Å². The Balaban J connectivity index is 1.21. The molecule has 0 radical (unpaired) electrons. The summed E-state index contributed by atoms with van der Waals surface area (Å²) in [7, 11) is 0. The fourth-order valence-corrected chi connectivity index (χ4v) is 6.24. The monoisotopic (exact) mass is 381 g/mol. The zero-order chi connectivity index (χ0) is 19.4. The predicted octanol–water partition coefficient (Wildman–Crippen LogP) is 4.03. The normalized spacial score (nSPS) is 36.9. The third-order valence-corrected chi connectivity index (χ3v) is 7.93. The average molecular weight is 382 g/mol. The fraction of sp³-hybridized carbons (Fsp3) is 0.667. The Morgan fingerprint density at radius 1 is 1.07 bits per heavy atom. The fourth-order valence-electron chi connectivity index (χ4n) is 6.24. The molecule has 0 saturated heterocycles. The van der Waals surface area contributed by atoms with E-state index in [1.807, 2.05) is 13.0 Å². The zero-order valence-electron chi connectivity index (χ0n) is 16.8. The van der Waals surface area contributed by atoms with E-state index in [-0.39, 0.29) is 35.2 Å². The molecule has 5 saturated carbocycles. The van der Waals surface area contributed by atoms with Crippen molar-refractivity contribution in [2.75, 3.05) is 0 Å². The molecular formula is C24H31NO3. The number of hydrogen-bond donors (Lipinski definition) is 1. The topological polar surface area (TPSA) is 55.4 Å². The lowest BCUT2D eigenvalue weighted by Crippen LogP contribution is -2.62. The van der Waals surface area contributed by atoms with Crippen molar-refractivity contribution in [2.24, 2.45) is 23.2 Å². The first-order valence-electron chi connectivity index (χ1n) is 11.0. The summed E-state index contributed by atoms with van der Waals surface area (Å²) in [5.41, 5.74) is 1.01. The number of hydrogen-bond acceptors (Lipinski definition) is 3. The van der Waals surface area contributed by atoms with Gasteiger partial charge >= 0.3 is 0 Å². The van der Waals surface area contributed by atoms with Crippen LogP contribution < -0.4 is 5.32 Å². The maximum absolute atomic E-state index is 12.5. The molecule has 5 fully saturated rings. The molecule has 4 heteroatoms. The number of ketones is 1. The van der Waals surface area contributed by atoms with E-state index in [1.54, 1.807) is 0 Å². The molecule has 0 aromatic heterocycles. The maximum atomic E-state index is 12.5. The first-order chi connectivity index (χ1) is 13.4. The quantitative estimate of drug-likeness (QED) is 0.726. The Kier molecular flexibility index (Phi) is 4.38. The van der Waals surface area contributed by atoms with Crippen LogP contribution in [-0.4, -0.2) is 23.3 Å². The third kappa shape index (κ3) is 3.41. The first-order valence-corrected chi connectivity index (χ1v) is 11.0. The summed E-state index contributed by atoms with van der Waals surface area (Å²) in [5.74, 6) is 1.79. The number of rotatable bonds is 7. The largest absolute Gasteiger partial charge is 0.370 e. The number of nitrogens with one attached hydrogen (secondary N) is 1. The molecule has 4 nitrogen and oxygen atoms in total. The van der Waals surface area contributed by atoms with Gasteiger partial charge in [0.05, 0.1) is 18.6 Å². The van der Waals surface area contributed by atoms with Gasteiger partial charge in [-0.1, -0.05) is 37.3 Å². The van der Waals surface area contributed by atoms with E-state index in [0.717, 1.165) is 31.6 Å². The van der Waals surface area contributed by atoms with E-state index in [4.69, 9.17) is 4.74 Å². The zero-order valence-corrected chi connectivity index (χ0v) is 16.8. The molecule has 0 spiro atoms. The number of carbonyl (C=O) groups is 2. The van der Waals surface area contributed by atoms with Crippen molar-refractivity contribution >= 4 is 11.7 Å². The second-order valence-electron chi connectivity index (χ2n) is 10.2. The number of amides is 1. The van der Waals surface area contributed by atoms with Gasteiger partial charge in [-0.3, -0.25) is 9.59 Å². The lowest BCUT2D eigenvalue weighted by molar-refractivity contribution is -0.180. The van der Waals surface area contributed by atoms with E-state index in [1.165, 1.54) is 24.8 Å². The van der Waals surface area contributed by atoms with Gasteiger partial charge in [-0.05, 0) is 68.3 Å². The average Bonchev–Trinajstić information content (AvgIpc) is 3.42. The van der Waals surface area contributed by atoms with Crippen LogP contribution in [0, 0.1) is 23.2 Å². The van der Waals surface area contributed by atoms with E-state index in [2.05, 4.69) is 29.6 Å². The van der Waals surface area contributed by atoms with Gasteiger partial charge in [-0.2, -0.15) is 0 Å². The molecule has 1 amide bonds. The second kappa shape index (κ2) is 6.69. The number of ether oxygens (including phenoxy) is 1. The van der Waals surface area contributed by atoms with Crippen LogP contribution in [0.2, 0.25) is 0 Å². The molecule has 2 unspecified atom stereocenters. The molecular weight excluding hydrogens is 350 g/mol. The van der Waals surface area contributed by atoms with E-state index >= 15 is 0 Å². The minimum absolute atomic E-state index is 0.00905. The van der Waals surface area contributed by atoms with Crippen molar-refractivity contribution in [3.63, 3.8) is 0 Å². The Morgan fingerprint density at radius 3 is 2.39 bits per heavy atom. The Hall–Kier alpha value is -1.68. The molecule has 5 aliphatic carbocycles. The van der Waals surface area contributed by atoms with Gasteiger partial charge in [0, 0.05) is 11.5 Å². The molecule has 4 bridgehead atoms. The molecule has 28 heavy (non-hydrogen) atoms. The molecule has 5 aliphatic rings. The van der Waals surface area contributed by atoms with Crippen molar-refractivity contribution in [2.45, 2.75) is 76.5 Å². The molecule has 0 aliphatic heterocycles. The first kappa shape index (κ1) is 18.4. The van der Waals surface area contributed by atoms with Crippen LogP contribution >= 0.6 is 0 Å². The van der Waals surface area contributed by atoms with Gasteiger partial charge in [-0.15, -0.1) is 0 Å². The molecule has 1 aromatic rings. The van der Waals surface area contributed by atoms with Gasteiger partial charge < -0.3 is 10.1 Å². The number of carbonyl (C=O) groups excluding carboxylic acids is 2. The van der Waals surface area contributed by atoms with Crippen LogP contribution in [0.25, 0.3) is 0 Å². The third-order valence-electron chi connectivity index (χ3n) is 7.93. The maximum Gasteiger partial charge on any atom is 0.227 e. The lowest BCUT2D eigenvalue weighted by atomic mass is 9.52. The molecule has 150 valence electrons. The Bertz CT molecular complexity index is 753. The summed E-state index contributed by atoms with van der Waals surface area (Å²) in [4.78, 5) is 24.8. The van der Waals surface area contributed by atoms with Crippen molar-refractivity contribution in [1.29, 1.82) is 0 Å². The summed E-state index contributed by atoms with van der Waals surface area (Å²) >= 11 is 0. The highest BCUT2D eigenvalue weighted by molar-refractivity contribution is 6.01. The SMILES string of the molecule is CC1(C(=O)CC(=O)NC2C3CC4CC2CC(OCc2ccccc2)(C4)C3)CC1. The van der Waals surface area contributed by atoms with Gasteiger partial charge in [0.1, 0.15) is 5.78 Å². The van der Waals surface area contributed by atoms with Gasteiger partial charge in [-0.25, -0.2) is 0 Å². The van der Waals surface area contributed by atoms with Gasteiger partial charge in [0.15, 0.2) is 0 Å². The number of benzene rings is 1. The van der Waals surface area contributed by atoms with Crippen LogP contribution in [-0.2, 0) is 20.9 Å². The minimum Gasteiger partial charge on any atom is -0.370 e. The lowest BCUT2D eigenvalue weighted by Gasteiger charge is -2.59. The Morgan fingerprint density at radius 2 is 1.75 bits per heavy atom. The highest BCUT2D eigenvalue weighted by atomic mass is 16.5. The molecule has 6 rings (SSSR count). The summed E-state index contributed by atoms with van der Waals surface area (Å²) in [5, 5.41) is 3.27. The van der Waals surface area contributed by atoms with E-state index in [9.17, 15) is 9.59 Å². The van der Waals surface area contributed by atoms with Crippen LogP contribution in [0.4, 0.5) is 0 Å². The van der Waals surface area contributed by atoms with Crippen LogP contribution in [0.5, 0.6) is 0 Å². The van der Waals surface area contributed by atoms with Gasteiger partial charge in [0.25, 0.3) is 0 Å². The van der Waals surface area contributed by atoms with Crippen molar-refractivity contribution < 1.29 is 14.3 Å². The second-order valence-corrected chi connectivity index (χ2v) is 10.2. The summed E-state index contributed by atoms with van der Waals surface area (Å²) < 4.78 is 6.53. The van der Waals surface area contributed by atoms with Crippen LogP contribution in [0.15, 0.2) is 30.3 Å². The van der Waals surface area contributed by atoms with Crippen LogP contribution in [0.3, 0.4) is 0 Å². The smallest absolute Gasteiger partial charge is 0.227 e. The Labute approximate surface area is 167 Å². The molecule has 1 aromatic carbocycles.